The number of nitriles is 1. The maximum absolute atomic E-state index is 15.1. The zero-order chi connectivity index (χ0) is 25.2. The van der Waals surface area contributed by atoms with Crippen LogP contribution in [0.3, 0.4) is 0 Å². The predicted molar refractivity (Wildman–Crippen MR) is 120 cm³/mol. The Bertz CT molecular complexity index is 1480. The second-order valence-electron chi connectivity index (χ2n) is 9.23. The third-order valence-electron chi connectivity index (χ3n) is 7.15. The fourth-order valence-electron chi connectivity index (χ4n) is 5.40. The van der Waals surface area contributed by atoms with E-state index < -0.39 is 39.1 Å². The molecule has 1 saturated carbocycles. The average Bonchev–Trinajstić information content (AvgIpc) is 3.29. The normalized spacial score (nSPS) is 28.0. The van der Waals surface area contributed by atoms with Gasteiger partial charge in [-0.25, -0.2) is 26.7 Å². The van der Waals surface area contributed by atoms with Crippen molar-refractivity contribution < 1.29 is 26.7 Å². The van der Waals surface area contributed by atoms with Crippen molar-refractivity contribution in [2.45, 2.75) is 18.1 Å². The number of nitrogens with zero attached hydrogens (tertiary/aromatic N) is 6. The number of halogens is 2. The number of fused-ring (bicyclic) bond motifs is 1. The van der Waals surface area contributed by atoms with Crippen molar-refractivity contribution in [1.29, 1.82) is 5.26 Å². The first-order valence-corrected chi connectivity index (χ1v) is 12.9. The van der Waals surface area contributed by atoms with Gasteiger partial charge in [-0.2, -0.15) is 5.26 Å². The molecule has 184 valence electrons. The monoisotopic (exact) mass is 512 g/mol. The number of sulfone groups is 1. The van der Waals surface area contributed by atoms with E-state index in [0.29, 0.717) is 5.69 Å². The Morgan fingerprint density at radius 1 is 1.19 bits per heavy atom. The molecule has 0 radical (unpaired) electrons. The number of hydrogen-bond acceptors (Lipinski definition) is 8. The molecule has 3 aromatic rings. The van der Waals surface area contributed by atoms with Crippen LogP contribution in [0.5, 0.6) is 0 Å². The predicted octanol–water partition coefficient (Wildman–Crippen LogP) is 2.08. The molecule has 2 saturated heterocycles. The molecule has 1 aliphatic carbocycles. The summed E-state index contributed by atoms with van der Waals surface area (Å²) < 4.78 is 60.5. The van der Waals surface area contributed by atoms with Crippen LogP contribution in [0.15, 0.2) is 42.9 Å². The zero-order valence-electron chi connectivity index (χ0n) is 18.6. The maximum atomic E-state index is 15.1. The largest absolute Gasteiger partial charge is 0.442 e. The number of ether oxygens (including phenoxy) is 1. The lowest BCUT2D eigenvalue weighted by atomic mass is 9.97. The summed E-state index contributed by atoms with van der Waals surface area (Å²) in [6, 6.07) is 7.30. The van der Waals surface area contributed by atoms with E-state index >= 15 is 8.78 Å². The summed E-state index contributed by atoms with van der Waals surface area (Å²) in [6.07, 6.45) is 3.08. The summed E-state index contributed by atoms with van der Waals surface area (Å²) in [5, 5.41) is 17.3. The number of anilines is 1. The summed E-state index contributed by atoms with van der Waals surface area (Å²) in [7, 11) is -3.15. The molecule has 3 aliphatic rings. The van der Waals surface area contributed by atoms with Crippen molar-refractivity contribution in [3.63, 3.8) is 0 Å². The molecule has 4 atom stereocenters. The smallest absolute Gasteiger partial charge is 0.414 e. The molecule has 0 spiro atoms. The molecule has 0 bridgehead atoms. The standard InChI is InChI=1S/C23H18F2N6O4S/c24-18-5-14(31-9-15(35-22(31)32)8-30-4-3-28-29-30)6-19(25)21(18)13-1-2-20(27-7-13)23(12-26)16-10-36(33,34)11-17(16)23/h1-7,15-17H,8-11H2/t15-,16-,17+,23+/m0/s1. The second-order valence-corrected chi connectivity index (χ2v) is 11.4. The molecule has 2 aromatic heterocycles. The number of carbonyl (C=O) groups excluding carboxylic acids is 1. The first-order valence-electron chi connectivity index (χ1n) is 11.1. The van der Waals surface area contributed by atoms with Gasteiger partial charge in [0, 0.05) is 29.8 Å². The molecule has 1 amide bonds. The highest BCUT2D eigenvalue weighted by Gasteiger charge is 2.72. The van der Waals surface area contributed by atoms with Crippen molar-refractivity contribution in [2.75, 3.05) is 23.0 Å². The van der Waals surface area contributed by atoms with Gasteiger partial charge in [0.2, 0.25) is 0 Å². The molecule has 10 nitrogen and oxygen atoms in total. The molecule has 0 unspecified atom stereocenters. The van der Waals surface area contributed by atoms with Gasteiger partial charge in [-0.05, 0) is 18.2 Å². The molecule has 0 N–H and O–H groups in total. The summed E-state index contributed by atoms with van der Waals surface area (Å²) in [5.41, 5.74) is -0.743. The Morgan fingerprint density at radius 2 is 1.92 bits per heavy atom. The average molecular weight is 512 g/mol. The van der Waals surface area contributed by atoms with Gasteiger partial charge in [-0.15, -0.1) is 5.10 Å². The molecule has 4 heterocycles. The van der Waals surface area contributed by atoms with Crippen molar-refractivity contribution in [1.82, 2.24) is 20.0 Å². The maximum Gasteiger partial charge on any atom is 0.414 e. The molecular weight excluding hydrogens is 494 g/mol. The highest BCUT2D eigenvalue weighted by Crippen LogP contribution is 2.63. The molecule has 2 aliphatic heterocycles. The molecular formula is C23H18F2N6O4S. The van der Waals surface area contributed by atoms with Crippen molar-refractivity contribution in [3.8, 4) is 17.2 Å². The van der Waals surface area contributed by atoms with Crippen LogP contribution in [-0.4, -0.2) is 58.6 Å². The first kappa shape index (κ1) is 22.5. The van der Waals surface area contributed by atoms with Crippen molar-refractivity contribution in [2.24, 2.45) is 11.8 Å². The SMILES string of the molecule is N#C[C@]1(c2ccc(-c3c(F)cc(N4C[C@H](Cn5ccnn5)OC4=O)cc3F)cn2)[C@@H]2CS(=O)(=O)C[C@@H]21. The van der Waals surface area contributed by atoms with Crippen LogP contribution in [0.2, 0.25) is 0 Å². The number of carbonyl (C=O) groups is 1. The topological polar surface area (TPSA) is 131 Å². The van der Waals surface area contributed by atoms with Gasteiger partial charge in [-0.3, -0.25) is 9.88 Å². The number of pyridine rings is 1. The first-order chi connectivity index (χ1) is 17.2. The van der Waals surface area contributed by atoms with Gasteiger partial charge in [0.1, 0.15) is 23.2 Å². The van der Waals surface area contributed by atoms with Crippen LogP contribution in [0.1, 0.15) is 5.69 Å². The minimum atomic E-state index is -3.15. The third-order valence-corrected chi connectivity index (χ3v) is 8.88. The van der Waals surface area contributed by atoms with Crippen LogP contribution in [0.25, 0.3) is 11.1 Å². The third kappa shape index (κ3) is 3.43. The van der Waals surface area contributed by atoms with Gasteiger partial charge in [0.15, 0.2) is 9.84 Å². The number of cyclic esters (lactones) is 1. The van der Waals surface area contributed by atoms with Crippen LogP contribution < -0.4 is 4.90 Å². The fraction of sp³-hybridized carbons (Fsp3) is 0.348. The van der Waals surface area contributed by atoms with E-state index in [1.54, 1.807) is 6.20 Å². The lowest BCUT2D eigenvalue weighted by Gasteiger charge is -2.16. The van der Waals surface area contributed by atoms with Gasteiger partial charge >= 0.3 is 6.09 Å². The summed E-state index contributed by atoms with van der Waals surface area (Å²) in [4.78, 5) is 17.7. The van der Waals surface area contributed by atoms with Crippen LogP contribution in [-0.2, 0) is 26.5 Å². The second kappa shape index (κ2) is 7.79. The van der Waals surface area contributed by atoms with Gasteiger partial charge in [0.25, 0.3) is 0 Å². The van der Waals surface area contributed by atoms with Gasteiger partial charge in [-0.1, -0.05) is 11.3 Å². The Kier molecular flexibility index (Phi) is 4.88. The fourth-order valence-corrected chi connectivity index (χ4v) is 7.62. The van der Waals surface area contributed by atoms with Crippen LogP contribution >= 0.6 is 0 Å². The number of benzene rings is 1. The van der Waals surface area contributed by atoms with Crippen molar-refractivity contribution in [3.05, 3.63) is 60.2 Å². The number of amides is 1. The number of hydrogen-bond donors (Lipinski definition) is 0. The van der Waals surface area contributed by atoms with E-state index in [9.17, 15) is 18.5 Å². The molecule has 3 fully saturated rings. The lowest BCUT2D eigenvalue weighted by molar-refractivity contribution is 0.129. The Labute approximate surface area is 204 Å². The molecule has 6 rings (SSSR count). The summed E-state index contributed by atoms with van der Waals surface area (Å²) in [5.74, 6) is -2.52. The molecule has 36 heavy (non-hydrogen) atoms. The lowest BCUT2D eigenvalue weighted by Crippen LogP contribution is -2.26. The Balaban J connectivity index is 1.23. The Hall–Kier alpha value is -3.92. The van der Waals surface area contributed by atoms with E-state index in [-0.39, 0.29) is 53.2 Å². The van der Waals surface area contributed by atoms with E-state index in [4.69, 9.17) is 4.74 Å². The van der Waals surface area contributed by atoms with E-state index in [1.165, 1.54) is 29.2 Å². The van der Waals surface area contributed by atoms with E-state index in [2.05, 4.69) is 21.4 Å². The summed E-state index contributed by atoms with van der Waals surface area (Å²) in [6.45, 7) is 0.336. The van der Waals surface area contributed by atoms with Crippen LogP contribution in [0.4, 0.5) is 19.3 Å². The highest BCUT2D eigenvalue weighted by atomic mass is 32.2. The van der Waals surface area contributed by atoms with Gasteiger partial charge < -0.3 is 4.74 Å². The molecule has 1 aromatic carbocycles. The molecule has 13 heteroatoms. The zero-order valence-corrected chi connectivity index (χ0v) is 19.4. The highest BCUT2D eigenvalue weighted by molar-refractivity contribution is 7.91. The Morgan fingerprint density at radius 3 is 2.50 bits per heavy atom. The van der Waals surface area contributed by atoms with Gasteiger partial charge in [0.05, 0.1) is 53.8 Å². The minimum Gasteiger partial charge on any atom is -0.442 e. The van der Waals surface area contributed by atoms with Crippen molar-refractivity contribution >= 4 is 21.6 Å². The quantitative estimate of drug-likeness (QED) is 0.508. The van der Waals surface area contributed by atoms with Crippen LogP contribution in [0, 0.1) is 34.8 Å². The number of rotatable bonds is 5. The van der Waals surface area contributed by atoms with E-state index in [1.807, 2.05) is 0 Å². The number of aromatic nitrogens is 4. The summed E-state index contributed by atoms with van der Waals surface area (Å²) >= 11 is 0. The minimum absolute atomic E-state index is 0.0138. The van der Waals surface area contributed by atoms with E-state index in [0.717, 1.165) is 17.0 Å².